The third-order valence-corrected chi connectivity index (χ3v) is 9.55. The predicted molar refractivity (Wildman–Crippen MR) is 194 cm³/mol. The standard InChI is InChI=1S/C39H45FN6O5/c1-6-32-30(10-9-25(4)42-32)31-17-28(39(50)44-14-12-43(13-15-44)38-34(51-5)19-29(40)21-41-38)16-27-18-33(46(37(27)31)22-24(2)3)26-8-7-11-45(23-26)35(47)20-36(48)49/h8-10,16-19,21,24H,6-7,11-15,20,22-23H2,1-5H3,(H,48,49). The Morgan fingerprint density at radius 3 is 2.45 bits per heavy atom. The molecule has 1 N–H and O–H groups in total. The molecule has 6 rings (SSSR count). The van der Waals surface area contributed by atoms with Crippen LogP contribution in [0.3, 0.4) is 0 Å². The van der Waals surface area contributed by atoms with Crippen LogP contribution in [0.4, 0.5) is 10.2 Å². The number of fused-ring (bicyclic) bond motifs is 1. The number of carbonyl (C=O) groups excluding carboxylic acids is 2. The number of ether oxygens (including phenoxy) is 1. The number of aromatic nitrogens is 3. The van der Waals surface area contributed by atoms with E-state index in [1.165, 1.54) is 19.4 Å². The lowest BCUT2D eigenvalue weighted by Gasteiger charge is -2.36. The quantitative estimate of drug-likeness (QED) is 0.206. The molecule has 11 nitrogen and oxygen atoms in total. The number of rotatable bonds is 10. The molecule has 1 fully saturated rings. The summed E-state index contributed by atoms with van der Waals surface area (Å²) in [5.41, 5.74) is 7.20. The molecule has 3 aromatic heterocycles. The van der Waals surface area contributed by atoms with Crippen LogP contribution >= 0.6 is 0 Å². The summed E-state index contributed by atoms with van der Waals surface area (Å²) in [6.07, 6.45) is 4.10. The summed E-state index contributed by atoms with van der Waals surface area (Å²) in [7, 11) is 1.49. The highest BCUT2D eigenvalue weighted by atomic mass is 19.1. The number of piperazine rings is 1. The maximum Gasteiger partial charge on any atom is 0.312 e. The second-order valence-corrected chi connectivity index (χ2v) is 13.7. The summed E-state index contributed by atoms with van der Waals surface area (Å²) >= 11 is 0. The minimum Gasteiger partial charge on any atom is -0.493 e. The molecule has 0 spiro atoms. The van der Waals surface area contributed by atoms with Gasteiger partial charge in [-0.15, -0.1) is 0 Å². The van der Waals surface area contributed by atoms with Crippen molar-refractivity contribution in [1.82, 2.24) is 24.3 Å². The van der Waals surface area contributed by atoms with E-state index in [9.17, 15) is 23.9 Å². The van der Waals surface area contributed by atoms with Crippen LogP contribution < -0.4 is 9.64 Å². The van der Waals surface area contributed by atoms with Crippen molar-refractivity contribution >= 4 is 40.1 Å². The molecule has 1 saturated heterocycles. The highest BCUT2D eigenvalue weighted by molar-refractivity contribution is 6.05. The Morgan fingerprint density at radius 2 is 1.76 bits per heavy atom. The molecule has 1 aromatic carbocycles. The summed E-state index contributed by atoms with van der Waals surface area (Å²) in [4.78, 5) is 53.1. The van der Waals surface area contributed by atoms with E-state index in [4.69, 9.17) is 9.72 Å². The molecule has 0 atom stereocenters. The van der Waals surface area contributed by atoms with Crippen molar-refractivity contribution in [1.29, 1.82) is 0 Å². The monoisotopic (exact) mass is 696 g/mol. The molecule has 4 aromatic rings. The van der Waals surface area contributed by atoms with Crippen molar-refractivity contribution in [2.45, 2.75) is 53.5 Å². The lowest BCUT2D eigenvalue weighted by molar-refractivity contribution is -0.144. The first-order chi connectivity index (χ1) is 24.5. The highest BCUT2D eigenvalue weighted by Gasteiger charge is 2.29. The minimum atomic E-state index is -1.14. The molecule has 0 radical (unpaired) electrons. The van der Waals surface area contributed by atoms with E-state index >= 15 is 0 Å². The van der Waals surface area contributed by atoms with E-state index in [2.05, 4.69) is 48.5 Å². The van der Waals surface area contributed by atoms with Crippen molar-refractivity contribution < 1.29 is 28.6 Å². The fourth-order valence-corrected chi connectivity index (χ4v) is 7.18. The Balaban J connectivity index is 1.42. The SMILES string of the molecule is CCc1nc(C)ccc1-c1cc(C(=O)N2CCN(c3ncc(F)cc3OC)CC2)cc2cc(C3=CCCN(C(=O)CC(=O)O)C3)n(CC(C)C)c12. The summed E-state index contributed by atoms with van der Waals surface area (Å²) < 4.78 is 21.5. The lowest BCUT2D eigenvalue weighted by Crippen LogP contribution is -2.49. The Hall–Kier alpha value is -5.26. The first-order valence-electron chi connectivity index (χ1n) is 17.5. The van der Waals surface area contributed by atoms with Gasteiger partial charge in [-0.05, 0) is 55.5 Å². The van der Waals surface area contributed by atoms with Gasteiger partial charge in [-0.1, -0.05) is 32.9 Å². The number of carboxylic acids is 1. The van der Waals surface area contributed by atoms with Crippen LogP contribution in [0, 0.1) is 18.7 Å². The third kappa shape index (κ3) is 7.45. The maximum absolute atomic E-state index is 14.3. The van der Waals surface area contributed by atoms with Gasteiger partial charge in [-0.3, -0.25) is 19.4 Å². The number of pyridine rings is 2. The van der Waals surface area contributed by atoms with Crippen molar-refractivity contribution in [3.8, 4) is 16.9 Å². The first kappa shape index (κ1) is 35.6. The van der Waals surface area contributed by atoms with Crippen molar-refractivity contribution in [2.24, 2.45) is 5.92 Å². The third-order valence-electron chi connectivity index (χ3n) is 9.55. The molecule has 2 amide bonds. The number of halogens is 1. The predicted octanol–water partition coefficient (Wildman–Crippen LogP) is 5.83. The largest absolute Gasteiger partial charge is 0.493 e. The Labute approximate surface area is 297 Å². The van der Waals surface area contributed by atoms with Gasteiger partial charge in [0.2, 0.25) is 5.91 Å². The van der Waals surface area contributed by atoms with Crippen LogP contribution in [-0.4, -0.2) is 93.6 Å². The molecule has 0 aliphatic carbocycles. The van der Waals surface area contributed by atoms with Crippen LogP contribution in [0.2, 0.25) is 0 Å². The van der Waals surface area contributed by atoms with Gasteiger partial charge in [0, 0.05) is 91.0 Å². The number of benzene rings is 1. The van der Waals surface area contributed by atoms with Crippen molar-refractivity contribution in [2.75, 3.05) is 51.3 Å². The Kier molecular flexibility index (Phi) is 10.4. The number of methoxy groups -OCH3 is 1. The molecule has 0 unspecified atom stereocenters. The molecule has 5 heterocycles. The smallest absolute Gasteiger partial charge is 0.312 e. The summed E-state index contributed by atoms with van der Waals surface area (Å²) in [5.74, 6) is -0.913. The van der Waals surface area contributed by atoms with Crippen LogP contribution in [-0.2, 0) is 22.6 Å². The van der Waals surface area contributed by atoms with Crippen LogP contribution in [0.25, 0.3) is 27.6 Å². The number of aliphatic carboxylic acids is 1. The molecular weight excluding hydrogens is 651 g/mol. The van der Waals surface area contributed by atoms with Crippen LogP contribution in [0.1, 0.15) is 61.1 Å². The zero-order valence-electron chi connectivity index (χ0n) is 29.9. The average Bonchev–Trinajstić information content (AvgIpc) is 3.48. The fourth-order valence-electron chi connectivity index (χ4n) is 7.18. The van der Waals surface area contributed by atoms with Gasteiger partial charge in [0.1, 0.15) is 12.2 Å². The van der Waals surface area contributed by atoms with Crippen molar-refractivity contribution in [3.05, 3.63) is 77.1 Å². The van der Waals surface area contributed by atoms with E-state index in [0.29, 0.717) is 75.8 Å². The lowest BCUT2D eigenvalue weighted by atomic mass is 9.96. The van der Waals surface area contributed by atoms with E-state index in [0.717, 1.165) is 44.7 Å². The fraction of sp³-hybridized carbons (Fsp3) is 0.410. The van der Waals surface area contributed by atoms with Crippen LogP contribution in [0.15, 0.2) is 48.7 Å². The maximum atomic E-state index is 14.3. The molecule has 0 saturated carbocycles. The first-order valence-corrected chi connectivity index (χ1v) is 17.5. The number of carboxylic acid groups (broad SMARTS) is 1. The number of hydrogen-bond donors (Lipinski definition) is 1. The number of hydrogen-bond acceptors (Lipinski definition) is 7. The Morgan fingerprint density at radius 1 is 1.00 bits per heavy atom. The summed E-state index contributed by atoms with van der Waals surface area (Å²) in [5, 5.41) is 10.2. The van der Waals surface area contributed by atoms with E-state index in [-0.39, 0.29) is 11.8 Å². The van der Waals surface area contributed by atoms with E-state index < -0.39 is 24.1 Å². The second-order valence-electron chi connectivity index (χ2n) is 13.7. The molecular formula is C39H45FN6O5. The zero-order valence-corrected chi connectivity index (χ0v) is 29.9. The van der Waals surface area contributed by atoms with E-state index in [1.807, 2.05) is 34.9 Å². The minimum absolute atomic E-state index is 0.0876. The second kappa shape index (κ2) is 14.9. The van der Waals surface area contributed by atoms with E-state index in [1.54, 1.807) is 4.90 Å². The number of nitrogens with zero attached hydrogens (tertiary/aromatic N) is 6. The molecule has 12 heteroatoms. The zero-order chi connectivity index (χ0) is 36.4. The normalized spacial score (nSPS) is 15.0. The van der Waals surface area contributed by atoms with Crippen LogP contribution in [0.5, 0.6) is 5.75 Å². The summed E-state index contributed by atoms with van der Waals surface area (Å²) in [6, 6.07) is 11.5. The number of aryl methyl sites for hydroxylation is 2. The molecule has 268 valence electrons. The highest BCUT2D eigenvalue weighted by Crippen LogP contribution is 2.38. The van der Waals surface area contributed by atoms with Gasteiger partial charge in [-0.2, -0.15) is 0 Å². The number of carbonyl (C=O) groups is 3. The van der Waals surface area contributed by atoms with Gasteiger partial charge < -0.3 is 29.1 Å². The van der Waals surface area contributed by atoms with Gasteiger partial charge in [-0.25, -0.2) is 9.37 Å². The Bertz CT molecular complexity index is 2010. The molecule has 51 heavy (non-hydrogen) atoms. The van der Waals surface area contributed by atoms with Gasteiger partial charge >= 0.3 is 5.97 Å². The number of amides is 2. The van der Waals surface area contributed by atoms with Gasteiger partial charge in [0.15, 0.2) is 11.6 Å². The summed E-state index contributed by atoms with van der Waals surface area (Å²) in [6.45, 7) is 11.8. The molecule has 2 aliphatic heterocycles. The molecule has 2 aliphatic rings. The topological polar surface area (TPSA) is 121 Å². The van der Waals surface area contributed by atoms with Gasteiger partial charge in [0.25, 0.3) is 5.91 Å². The average molecular weight is 697 g/mol. The number of anilines is 1. The molecule has 0 bridgehead atoms. The van der Waals surface area contributed by atoms with Gasteiger partial charge in [0.05, 0.1) is 18.8 Å². The van der Waals surface area contributed by atoms with Crippen molar-refractivity contribution in [3.63, 3.8) is 0 Å².